The van der Waals surface area contributed by atoms with Crippen LogP contribution in [0.2, 0.25) is 0 Å². The number of alkyl carbamates (subject to hydrolysis) is 1. The SMILES string of the molecule is C=CCOC(=O)NCCCN(CC(C)=O)C(=O)OCC=C. The van der Waals surface area contributed by atoms with Gasteiger partial charge < -0.3 is 19.7 Å². The summed E-state index contributed by atoms with van der Waals surface area (Å²) in [6.45, 7) is 9.04. The number of Topliss-reactive ketones (excluding diaryl/α,β-unsaturated/α-hetero) is 1. The second-order valence-electron chi connectivity index (χ2n) is 4.16. The molecular formula is C14H22N2O5. The van der Waals surface area contributed by atoms with E-state index in [1.54, 1.807) is 0 Å². The molecule has 21 heavy (non-hydrogen) atoms. The van der Waals surface area contributed by atoms with Gasteiger partial charge in [-0.25, -0.2) is 9.59 Å². The average Bonchev–Trinajstić information content (AvgIpc) is 2.45. The quantitative estimate of drug-likeness (QED) is 0.488. The summed E-state index contributed by atoms with van der Waals surface area (Å²) in [6.07, 6.45) is 2.24. The van der Waals surface area contributed by atoms with Crippen LogP contribution in [-0.2, 0) is 14.3 Å². The lowest BCUT2D eigenvalue weighted by molar-refractivity contribution is -0.117. The number of amides is 2. The summed E-state index contributed by atoms with van der Waals surface area (Å²) >= 11 is 0. The van der Waals surface area contributed by atoms with Gasteiger partial charge in [-0.3, -0.25) is 4.79 Å². The lowest BCUT2D eigenvalue weighted by atomic mass is 10.3. The minimum Gasteiger partial charge on any atom is -0.445 e. The zero-order valence-electron chi connectivity index (χ0n) is 12.3. The molecule has 7 nitrogen and oxygen atoms in total. The van der Waals surface area contributed by atoms with E-state index in [0.717, 1.165) is 0 Å². The van der Waals surface area contributed by atoms with Crippen LogP contribution in [0.3, 0.4) is 0 Å². The van der Waals surface area contributed by atoms with Crippen LogP contribution in [0, 0.1) is 0 Å². The fraction of sp³-hybridized carbons (Fsp3) is 0.500. The summed E-state index contributed by atoms with van der Waals surface area (Å²) in [4.78, 5) is 35.2. The third-order valence-electron chi connectivity index (χ3n) is 2.20. The van der Waals surface area contributed by atoms with Crippen molar-refractivity contribution < 1.29 is 23.9 Å². The van der Waals surface area contributed by atoms with E-state index in [-0.39, 0.29) is 32.1 Å². The van der Waals surface area contributed by atoms with E-state index in [0.29, 0.717) is 13.0 Å². The van der Waals surface area contributed by atoms with Crippen LogP contribution in [-0.4, -0.2) is 55.7 Å². The van der Waals surface area contributed by atoms with Crippen LogP contribution in [0.4, 0.5) is 9.59 Å². The van der Waals surface area contributed by atoms with Crippen molar-refractivity contribution in [3.05, 3.63) is 25.3 Å². The maximum atomic E-state index is 11.7. The molecule has 2 amide bonds. The summed E-state index contributed by atoms with van der Waals surface area (Å²) in [5, 5.41) is 2.52. The Hall–Kier alpha value is -2.31. The molecule has 0 aliphatic heterocycles. The van der Waals surface area contributed by atoms with Gasteiger partial charge in [0.2, 0.25) is 0 Å². The minimum absolute atomic E-state index is 0.0309. The third kappa shape index (κ3) is 10.2. The highest BCUT2D eigenvalue weighted by Gasteiger charge is 2.16. The molecule has 0 saturated heterocycles. The normalized spacial score (nSPS) is 9.38. The molecule has 0 aromatic carbocycles. The van der Waals surface area contributed by atoms with Gasteiger partial charge in [-0.1, -0.05) is 25.3 Å². The van der Waals surface area contributed by atoms with Gasteiger partial charge in [-0.05, 0) is 13.3 Å². The predicted octanol–water partition coefficient (Wildman–Crippen LogP) is 1.50. The van der Waals surface area contributed by atoms with Crippen molar-refractivity contribution in [1.82, 2.24) is 10.2 Å². The third-order valence-corrected chi connectivity index (χ3v) is 2.20. The first-order valence-corrected chi connectivity index (χ1v) is 6.54. The molecule has 0 atom stereocenters. The molecule has 0 bridgehead atoms. The number of nitrogens with one attached hydrogen (secondary N) is 1. The van der Waals surface area contributed by atoms with Crippen LogP contribution in [0.25, 0.3) is 0 Å². The highest BCUT2D eigenvalue weighted by molar-refractivity contribution is 5.81. The number of hydrogen-bond donors (Lipinski definition) is 1. The highest BCUT2D eigenvalue weighted by Crippen LogP contribution is 1.97. The minimum atomic E-state index is -0.584. The van der Waals surface area contributed by atoms with Gasteiger partial charge in [0, 0.05) is 13.1 Å². The summed E-state index contributed by atoms with van der Waals surface area (Å²) in [7, 11) is 0. The van der Waals surface area contributed by atoms with Crippen molar-refractivity contribution in [2.75, 3.05) is 32.8 Å². The second kappa shape index (κ2) is 11.5. The lowest BCUT2D eigenvalue weighted by Crippen LogP contribution is -2.37. The molecule has 0 spiro atoms. The van der Waals surface area contributed by atoms with Gasteiger partial charge in [-0.15, -0.1) is 0 Å². The first-order valence-electron chi connectivity index (χ1n) is 6.54. The van der Waals surface area contributed by atoms with E-state index >= 15 is 0 Å². The van der Waals surface area contributed by atoms with Crippen molar-refractivity contribution in [2.45, 2.75) is 13.3 Å². The van der Waals surface area contributed by atoms with Gasteiger partial charge in [0.05, 0.1) is 6.54 Å². The van der Waals surface area contributed by atoms with E-state index in [1.807, 2.05) is 0 Å². The van der Waals surface area contributed by atoms with Crippen LogP contribution in [0.1, 0.15) is 13.3 Å². The largest absolute Gasteiger partial charge is 0.445 e. The number of hydrogen-bond acceptors (Lipinski definition) is 5. The van der Waals surface area contributed by atoms with Crippen LogP contribution >= 0.6 is 0 Å². The zero-order chi connectivity index (χ0) is 16.1. The fourth-order valence-corrected chi connectivity index (χ4v) is 1.37. The van der Waals surface area contributed by atoms with E-state index < -0.39 is 12.2 Å². The average molecular weight is 298 g/mol. The van der Waals surface area contributed by atoms with Crippen LogP contribution < -0.4 is 5.32 Å². The number of rotatable bonds is 10. The number of ketones is 1. The summed E-state index contributed by atoms with van der Waals surface area (Å²) in [5.41, 5.74) is 0. The number of carbonyl (C=O) groups excluding carboxylic acids is 3. The number of carbonyl (C=O) groups is 3. The molecule has 118 valence electrons. The second-order valence-corrected chi connectivity index (χ2v) is 4.16. The zero-order valence-corrected chi connectivity index (χ0v) is 12.3. The first kappa shape index (κ1) is 18.7. The Balaban J connectivity index is 4.08. The Morgan fingerprint density at radius 3 is 2.33 bits per heavy atom. The number of nitrogens with zero attached hydrogens (tertiary/aromatic N) is 1. The summed E-state index contributed by atoms with van der Waals surface area (Å²) in [6, 6.07) is 0. The molecule has 1 N–H and O–H groups in total. The standard InChI is InChI=1S/C14H22N2O5/c1-4-9-20-13(18)15-7-6-8-16(11-12(3)17)14(19)21-10-5-2/h4-5H,1-2,6-11H2,3H3,(H,15,18). The van der Waals surface area contributed by atoms with Gasteiger partial charge in [-0.2, -0.15) is 0 Å². The first-order chi connectivity index (χ1) is 10.0. The van der Waals surface area contributed by atoms with Gasteiger partial charge >= 0.3 is 12.2 Å². The van der Waals surface area contributed by atoms with E-state index in [1.165, 1.54) is 24.0 Å². The van der Waals surface area contributed by atoms with Crippen LogP contribution in [0.5, 0.6) is 0 Å². The Bertz CT molecular complexity index is 382. The smallest absolute Gasteiger partial charge is 0.410 e. The Morgan fingerprint density at radius 1 is 1.14 bits per heavy atom. The molecule has 0 rings (SSSR count). The van der Waals surface area contributed by atoms with E-state index in [4.69, 9.17) is 9.47 Å². The van der Waals surface area contributed by atoms with Gasteiger partial charge in [0.25, 0.3) is 0 Å². The molecule has 0 aliphatic carbocycles. The van der Waals surface area contributed by atoms with Crippen molar-refractivity contribution in [3.63, 3.8) is 0 Å². The molecule has 7 heteroatoms. The molecular weight excluding hydrogens is 276 g/mol. The summed E-state index contributed by atoms with van der Waals surface area (Å²) < 4.78 is 9.60. The molecule has 0 aromatic heterocycles. The molecule has 0 unspecified atom stereocenters. The monoisotopic (exact) mass is 298 g/mol. The van der Waals surface area contributed by atoms with Crippen molar-refractivity contribution in [3.8, 4) is 0 Å². The van der Waals surface area contributed by atoms with Crippen molar-refractivity contribution in [1.29, 1.82) is 0 Å². The van der Waals surface area contributed by atoms with Crippen molar-refractivity contribution in [2.24, 2.45) is 0 Å². The maximum Gasteiger partial charge on any atom is 0.410 e. The van der Waals surface area contributed by atoms with Gasteiger partial charge in [0.15, 0.2) is 0 Å². The lowest BCUT2D eigenvalue weighted by Gasteiger charge is -2.20. The molecule has 0 fully saturated rings. The number of ether oxygens (including phenoxy) is 2. The van der Waals surface area contributed by atoms with E-state index in [2.05, 4.69) is 18.5 Å². The topological polar surface area (TPSA) is 84.9 Å². The Morgan fingerprint density at radius 2 is 1.76 bits per heavy atom. The van der Waals surface area contributed by atoms with Crippen LogP contribution in [0.15, 0.2) is 25.3 Å². The molecule has 0 saturated carbocycles. The van der Waals surface area contributed by atoms with E-state index in [9.17, 15) is 14.4 Å². The van der Waals surface area contributed by atoms with Gasteiger partial charge in [0.1, 0.15) is 19.0 Å². The fourth-order valence-electron chi connectivity index (χ4n) is 1.37. The Kier molecular flexibility index (Phi) is 10.2. The molecule has 0 heterocycles. The highest BCUT2D eigenvalue weighted by atomic mass is 16.6. The summed E-state index contributed by atoms with van der Waals surface area (Å²) in [5.74, 6) is -0.149. The maximum absolute atomic E-state index is 11.7. The van der Waals surface area contributed by atoms with Crippen molar-refractivity contribution >= 4 is 18.0 Å². The molecule has 0 aromatic rings. The predicted molar refractivity (Wildman–Crippen MR) is 78.0 cm³/mol. The Labute approximate surface area is 124 Å². The molecule has 0 aliphatic rings. The molecule has 0 radical (unpaired) electrons.